The average Bonchev–Trinajstić information content (AvgIpc) is 2.29. The van der Waals surface area contributed by atoms with Gasteiger partial charge in [0.1, 0.15) is 0 Å². The number of hydrogen-bond donors (Lipinski definition) is 2. The highest BCUT2D eigenvalue weighted by Crippen LogP contribution is 2.17. The Kier molecular flexibility index (Phi) is 4.02. The standard InChI is InChI=1S/C12H16BrN3O/c13-10-6-9(7-11(14)8-10)12(17)15-16-4-2-1-3-5-16/h6-8H,1-5,14H2,(H,15,17). The predicted molar refractivity (Wildman–Crippen MR) is 71.4 cm³/mol. The third-order valence-electron chi connectivity index (χ3n) is 2.80. The van der Waals surface area contributed by atoms with Gasteiger partial charge in [0, 0.05) is 28.8 Å². The number of nitrogens with zero attached hydrogens (tertiary/aromatic N) is 1. The maximum atomic E-state index is 12.0. The summed E-state index contributed by atoms with van der Waals surface area (Å²) < 4.78 is 0.821. The van der Waals surface area contributed by atoms with Crippen molar-refractivity contribution < 1.29 is 4.79 Å². The number of hydrazine groups is 1. The summed E-state index contributed by atoms with van der Waals surface area (Å²) in [5.74, 6) is -0.0973. The van der Waals surface area contributed by atoms with Crippen LogP contribution in [-0.4, -0.2) is 24.0 Å². The zero-order valence-electron chi connectivity index (χ0n) is 9.58. The van der Waals surface area contributed by atoms with E-state index in [-0.39, 0.29) is 5.91 Å². The van der Waals surface area contributed by atoms with E-state index in [1.54, 1.807) is 18.2 Å². The fourth-order valence-corrected chi connectivity index (χ4v) is 2.47. The fraction of sp³-hybridized carbons (Fsp3) is 0.417. The summed E-state index contributed by atoms with van der Waals surface area (Å²) in [5, 5.41) is 1.98. The molecule has 17 heavy (non-hydrogen) atoms. The first-order chi connectivity index (χ1) is 8.15. The molecular formula is C12H16BrN3O. The topological polar surface area (TPSA) is 58.4 Å². The molecule has 0 saturated carbocycles. The van der Waals surface area contributed by atoms with Crippen LogP contribution in [0.4, 0.5) is 5.69 Å². The van der Waals surface area contributed by atoms with Crippen LogP contribution in [0.2, 0.25) is 0 Å². The Balaban J connectivity index is 2.03. The van der Waals surface area contributed by atoms with Crippen molar-refractivity contribution in [1.29, 1.82) is 0 Å². The molecule has 0 radical (unpaired) electrons. The molecule has 0 bridgehead atoms. The molecule has 1 amide bonds. The second-order valence-corrected chi connectivity index (χ2v) is 5.18. The number of hydrogen-bond acceptors (Lipinski definition) is 3. The summed E-state index contributed by atoms with van der Waals surface area (Å²) >= 11 is 3.33. The van der Waals surface area contributed by atoms with Crippen LogP contribution in [0.25, 0.3) is 0 Å². The maximum absolute atomic E-state index is 12.0. The number of nitrogen functional groups attached to an aromatic ring is 1. The van der Waals surface area contributed by atoms with E-state index in [1.165, 1.54) is 6.42 Å². The molecule has 5 heteroatoms. The average molecular weight is 298 g/mol. The molecule has 1 aliphatic heterocycles. The SMILES string of the molecule is Nc1cc(Br)cc(C(=O)NN2CCCCC2)c1. The summed E-state index contributed by atoms with van der Waals surface area (Å²) in [7, 11) is 0. The van der Waals surface area contributed by atoms with Crippen molar-refractivity contribution in [3.63, 3.8) is 0 Å². The molecule has 1 aliphatic rings. The Bertz CT molecular complexity index is 396. The van der Waals surface area contributed by atoms with Crippen molar-refractivity contribution >= 4 is 27.5 Å². The van der Waals surface area contributed by atoms with Gasteiger partial charge in [-0.2, -0.15) is 0 Å². The lowest BCUT2D eigenvalue weighted by Gasteiger charge is -2.26. The fourth-order valence-electron chi connectivity index (χ4n) is 1.96. The van der Waals surface area contributed by atoms with Crippen LogP contribution in [0.1, 0.15) is 29.6 Å². The van der Waals surface area contributed by atoms with E-state index in [9.17, 15) is 4.79 Å². The zero-order chi connectivity index (χ0) is 12.3. The molecule has 92 valence electrons. The highest BCUT2D eigenvalue weighted by molar-refractivity contribution is 9.10. The Hall–Kier alpha value is -1.07. The molecule has 3 N–H and O–H groups in total. The number of anilines is 1. The third-order valence-corrected chi connectivity index (χ3v) is 3.26. The van der Waals surface area contributed by atoms with E-state index in [0.717, 1.165) is 30.4 Å². The molecule has 1 heterocycles. The van der Waals surface area contributed by atoms with Gasteiger partial charge < -0.3 is 5.73 Å². The van der Waals surface area contributed by atoms with Crippen LogP contribution in [-0.2, 0) is 0 Å². The minimum Gasteiger partial charge on any atom is -0.399 e. The summed E-state index contributed by atoms with van der Waals surface area (Å²) in [6.07, 6.45) is 3.53. The van der Waals surface area contributed by atoms with E-state index >= 15 is 0 Å². The minimum atomic E-state index is -0.0973. The van der Waals surface area contributed by atoms with Crippen molar-refractivity contribution in [2.45, 2.75) is 19.3 Å². The molecule has 1 saturated heterocycles. The van der Waals surface area contributed by atoms with Crippen LogP contribution in [0, 0.1) is 0 Å². The van der Waals surface area contributed by atoms with Crippen LogP contribution >= 0.6 is 15.9 Å². The van der Waals surface area contributed by atoms with E-state index in [2.05, 4.69) is 21.4 Å². The highest BCUT2D eigenvalue weighted by atomic mass is 79.9. The van der Waals surface area contributed by atoms with E-state index in [0.29, 0.717) is 11.3 Å². The number of carbonyl (C=O) groups excluding carboxylic acids is 1. The Morgan fingerprint density at radius 1 is 1.24 bits per heavy atom. The molecule has 0 aromatic heterocycles. The van der Waals surface area contributed by atoms with Gasteiger partial charge in [-0.05, 0) is 31.0 Å². The summed E-state index contributed by atoms with van der Waals surface area (Å²) in [6, 6.07) is 5.23. The molecule has 1 aromatic carbocycles. The molecule has 0 spiro atoms. The number of benzene rings is 1. The van der Waals surface area contributed by atoms with E-state index < -0.39 is 0 Å². The van der Waals surface area contributed by atoms with Gasteiger partial charge in [0.2, 0.25) is 0 Å². The van der Waals surface area contributed by atoms with Gasteiger partial charge in [0.05, 0.1) is 0 Å². The van der Waals surface area contributed by atoms with Gasteiger partial charge in [0.15, 0.2) is 0 Å². The number of rotatable bonds is 2. The number of amides is 1. The second kappa shape index (κ2) is 5.51. The number of carbonyl (C=O) groups is 1. The van der Waals surface area contributed by atoms with Crippen molar-refractivity contribution in [3.05, 3.63) is 28.2 Å². The van der Waals surface area contributed by atoms with E-state index in [4.69, 9.17) is 5.73 Å². The van der Waals surface area contributed by atoms with Crippen molar-refractivity contribution in [3.8, 4) is 0 Å². The van der Waals surface area contributed by atoms with Crippen LogP contribution in [0.15, 0.2) is 22.7 Å². The monoisotopic (exact) mass is 297 g/mol. The Morgan fingerprint density at radius 3 is 2.59 bits per heavy atom. The van der Waals surface area contributed by atoms with E-state index in [1.807, 2.05) is 5.01 Å². The Morgan fingerprint density at radius 2 is 1.94 bits per heavy atom. The highest BCUT2D eigenvalue weighted by Gasteiger charge is 2.14. The second-order valence-electron chi connectivity index (χ2n) is 4.26. The molecule has 1 aromatic rings. The number of piperidine rings is 1. The normalized spacial score (nSPS) is 16.8. The van der Waals surface area contributed by atoms with Crippen LogP contribution in [0.3, 0.4) is 0 Å². The number of halogens is 1. The van der Waals surface area contributed by atoms with Crippen LogP contribution in [0.5, 0.6) is 0 Å². The molecule has 1 fully saturated rings. The molecule has 2 rings (SSSR count). The summed E-state index contributed by atoms with van der Waals surface area (Å²) in [5.41, 5.74) is 9.79. The third kappa shape index (κ3) is 3.44. The maximum Gasteiger partial charge on any atom is 0.265 e. The summed E-state index contributed by atoms with van der Waals surface area (Å²) in [4.78, 5) is 12.0. The van der Waals surface area contributed by atoms with Crippen molar-refractivity contribution in [2.24, 2.45) is 0 Å². The largest absolute Gasteiger partial charge is 0.399 e. The number of nitrogens with one attached hydrogen (secondary N) is 1. The number of nitrogens with two attached hydrogens (primary N) is 1. The van der Waals surface area contributed by atoms with Crippen molar-refractivity contribution in [2.75, 3.05) is 18.8 Å². The van der Waals surface area contributed by atoms with Gasteiger partial charge in [0.25, 0.3) is 5.91 Å². The quantitative estimate of drug-likeness (QED) is 0.823. The van der Waals surface area contributed by atoms with Gasteiger partial charge in [-0.3, -0.25) is 10.2 Å². The molecule has 0 unspecified atom stereocenters. The van der Waals surface area contributed by atoms with Gasteiger partial charge >= 0.3 is 0 Å². The molecular weight excluding hydrogens is 282 g/mol. The predicted octanol–water partition coefficient (Wildman–Crippen LogP) is 2.16. The lowest BCUT2D eigenvalue weighted by molar-refractivity contribution is 0.0750. The van der Waals surface area contributed by atoms with Gasteiger partial charge in [-0.1, -0.05) is 22.4 Å². The minimum absolute atomic E-state index is 0.0973. The summed E-state index contributed by atoms with van der Waals surface area (Å²) in [6.45, 7) is 1.85. The molecule has 0 aliphatic carbocycles. The lowest BCUT2D eigenvalue weighted by Crippen LogP contribution is -2.45. The van der Waals surface area contributed by atoms with Crippen molar-refractivity contribution in [1.82, 2.24) is 10.4 Å². The van der Waals surface area contributed by atoms with Crippen LogP contribution < -0.4 is 11.2 Å². The lowest BCUT2D eigenvalue weighted by atomic mass is 10.1. The zero-order valence-corrected chi connectivity index (χ0v) is 11.2. The molecule has 4 nitrogen and oxygen atoms in total. The molecule has 0 atom stereocenters. The first kappa shape index (κ1) is 12.4. The first-order valence-electron chi connectivity index (χ1n) is 5.77. The van der Waals surface area contributed by atoms with Gasteiger partial charge in [-0.25, -0.2) is 5.01 Å². The van der Waals surface area contributed by atoms with Gasteiger partial charge in [-0.15, -0.1) is 0 Å². The first-order valence-corrected chi connectivity index (χ1v) is 6.56. The Labute approximate surface area is 109 Å². The smallest absolute Gasteiger partial charge is 0.265 e.